The Hall–Kier alpha value is -2.80. The summed E-state index contributed by atoms with van der Waals surface area (Å²) in [6.45, 7) is 0. The molecule has 0 bridgehead atoms. The highest BCUT2D eigenvalue weighted by atomic mass is 32.2. The van der Waals surface area contributed by atoms with E-state index in [4.69, 9.17) is 4.74 Å². The molecule has 0 unspecified atom stereocenters. The molecule has 0 aromatic heterocycles. The van der Waals surface area contributed by atoms with Crippen molar-refractivity contribution >= 4 is 34.7 Å². The van der Waals surface area contributed by atoms with Gasteiger partial charge in [0.1, 0.15) is 11.5 Å². The van der Waals surface area contributed by atoms with Crippen molar-refractivity contribution in [2.24, 2.45) is 10.2 Å². The lowest BCUT2D eigenvalue weighted by Crippen LogP contribution is -2.29. The van der Waals surface area contributed by atoms with Crippen LogP contribution in [0.15, 0.2) is 58.7 Å². The first-order chi connectivity index (χ1) is 11.7. The minimum absolute atomic E-state index is 0.0824. The third kappa shape index (κ3) is 3.26. The number of anilines is 1. The number of benzene rings is 2. The van der Waals surface area contributed by atoms with Crippen LogP contribution < -0.4 is 9.64 Å². The van der Waals surface area contributed by atoms with Crippen LogP contribution in [0.1, 0.15) is 5.56 Å². The first-order valence-electron chi connectivity index (χ1n) is 7.18. The molecule has 3 rings (SSSR count). The molecule has 0 spiro atoms. The molecule has 0 radical (unpaired) electrons. The number of aromatic hydroxyl groups is 1. The van der Waals surface area contributed by atoms with Crippen LogP contribution in [0.4, 0.5) is 5.69 Å². The zero-order valence-corrected chi connectivity index (χ0v) is 13.7. The Labute approximate surface area is 143 Å². The number of rotatable bonds is 4. The fourth-order valence-electron chi connectivity index (χ4n) is 2.22. The molecule has 2 aromatic rings. The first-order valence-corrected chi connectivity index (χ1v) is 8.17. The van der Waals surface area contributed by atoms with E-state index in [0.29, 0.717) is 27.9 Å². The second-order valence-electron chi connectivity index (χ2n) is 4.88. The Kier molecular flexibility index (Phi) is 4.81. The summed E-state index contributed by atoms with van der Waals surface area (Å²) in [5, 5.41) is 18.3. The van der Waals surface area contributed by atoms with Crippen molar-refractivity contribution in [2.45, 2.75) is 0 Å². The Bertz CT molecular complexity index is 820. The lowest BCUT2D eigenvalue weighted by Gasteiger charge is -2.17. The summed E-state index contributed by atoms with van der Waals surface area (Å²) in [5.74, 6) is 0.924. The largest absolute Gasteiger partial charge is 0.507 e. The predicted molar refractivity (Wildman–Crippen MR) is 96.1 cm³/mol. The summed E-state index contributed by atoms with van der Waals surface area (Å²) >= 11 is 1.31. The van der Waals surface area contributed by atoms with Gasteiger partial charge in [-0.05, 0) is 24.3 Å². The van der Waals surface area contributed by atoms with E-state index in [0.717, 1.165) is 0 Å². The van der Waals surface area contributed by atoms with E-state index in [1.165, 1.54) is 22.9 Å². The molecule has 1 heterocycles. The number of carbonyl (C=O) groups excluding carboxylic acids is 1. The summed E-state index contributed by atoms with van der Waals surface area (Å²) in [6.07, 6.45) is 1.45. The maximum atomic E-state index is 12.2. The van der Waals surface area contributed by atoms with Gasteiger partial charge in [0.15, 0.2) is 5.17 Å². The molecule has 122 valence electrons. The maximum absolute atomic E-state index is 12.2. The van der Waals surface area contributed by atoms with Gasteiger partial charge in [0.05, 0.1) is 24.8 Å². The summed E-state index contributed by atoms with van der Waals surface area (Å²) in [5.41, 5.74) is 1.19. The Balaban J connectivity index is 1.89. The third-order valence-electron chi connectivity index (χ3n) is 3.37. The number of phenolic OH excluding ortho intramolecular Hbond substituents is 1. The smallest absolute Gasteiger partial charge is 0.243 e. The molecular formula is C17H15N3O3S. The van der Waals surface area contributed by atoms with Crippen LogP contribution in [-0.2, 0) is 4.79 Å². The number of amidine groups is 1. The molecule has 1 amide bonds. The number of thioether (sulfide) groups is 1. The lowest BCUT2D eigenvalue weighted by molar-refractivity contribution is -0.115. The SMILES string of the molecule is COc1ccccc1N1C(=O)CSC1=NN=Cc1ccccc1O. The number of methoxy groups -OCH3 is 1. The van der Waals surface area contributed by atoms with Gasteiger partial charge in [-0.15, -0.1) is 5.10 Å². The van der Waals surface area contributed by atoms with Gasteiger partial charge in [-0.2, -0.15) is 5.10 Å². The normalized spacial score (nSPS) is 16.3. The molecular weight excluding hydrogens is 326 g/mol. The molecule has 7 heteroatoms. The van der Waals surface area contributed by atoms with Crippen molar-refractivity contribution in [1.82, 2.24) is 0 Å². The molecule has 1 N–H and O–H groups in total. The molecule has 1 aliphatic rings. The van der Waals surface area contributed by atoms with Gasteiger partial charge in [0.25, 0.3) is 0 Å². The van der Waals surface area contributed by atoms with Crippen LogP contribution in [0.5, 0.6) is 11.5 Å². The second-order valence-corrected chi connectivity index (χ2v) is 5.82. The van der Waals surface area contributed by atoms with Crippen LogP contribution in [0.2, 0.25) is 0 Å². The molecule has 0 aliphatic carbocycles. The number of phenols is 1. The minimum Gasteiger partial charge on any atom is -0.507 e. The van der Waals surface area contributed by atoms with Gasteiger partial charge in [0.2, 0.25) is 5.91 Å². The number of ether oxygens (including phenoxy) is 1. The van der Waals surface area contributed by atoms with Crippen LogP contribution in [0.25, 0.3) is 0 Å². The lowest BCUT2D eigenvalue weighted by atomic mass is 10.2. The van der Waals surface area contributed by atoms with Gasteiger partial charge in [-0.3, -0.25) is 9.69 Å². The fraction of sp³-hybridized carbons (Fsp3) is 0.118. The summed E-state index contributed by atoms with van der Waals surface area (Å²) in [4.78, 5) is 13.7. The highest BCUT2D eigenvalue weighted by Gasteiger charge is 2.31. The number of nitrogens with zero attached hydrogens (tertiary/aromatic N) is 3. The molecule has 1 aliphatic heterocycles. The van der Waals surface area contributed by atoms with E-state index in [2.05, 4.69) is 10.2 Å². The van der Waals surface area contributed by atoms with Gasteiger partial charge in [0, 0.05) is 5.56 Å². The Morgan fingerprint density at radius 1 is 1.21 bits per heavy atom. The molecule has 6 nitrogen and oxygen atoms in total. The van der Waals surface area contributed by atoms with Crippen LogP contribution >= 0.6 is 11.8 Å². The fourth-order valence-corrected chi connectivity index (χ4v) is 3.04. The Morgan fingerprint density at radius 2 is 1.96 bits per heavy atom. The number of amides is 1. The third-order valence-corrected chi connectivity index (χ3v) is 4.28. The summed E-state index contributed by atoms with van der Waals surface area (Å²) in [6, 6.07) is 14.1. The van der Waals surface area contributed by atoms with Crippen molar-refractivity contribution < 1.29 is 14.6 Å². The van der Waals surface area contributed by atoms with Crippen molar-refractivity contribution in [1.29, 1.82) is 0 Å². The number of hydrogen-bond acceptors (Lipinski definition) is 6. The topological polar surface area (TPSA) is 74.5 Å². The van der Waals surface area contributed by atoms with Gasteiger partial charge in [-0.25, -0.2) is 0 Å². The maximum Gasteiger partial charge on any atom is 0.243 e. The van der Waals surface area contributed by atoms with Gasteiger partial charge in [-0.1, -0.05) is 36.0 Å². The summed E-state index contributed by atoms with van der Waals surface area (Å²) in [7, 11) is 1.56. The predicted octanol–water partition coefficient (Wildman–Crippen LogP) is 2.87. The quantitative estimate of drug-likeness (QED) is 0.685. The highest BCUT2D eigenvalue weighted by molar-refractivity contribution is 8.15. The van der Waals surface area contributed by atoms with E-state index in [-0.39, 0.29) is 11.7 Å². The van der Waals surface area contributed by atoms with E-state index < -0.39 is 0 Å². The number of hydrogen-bond donors (Lipinski definition) is 1. The van der Waals surface area contributed by atoms with E-state index in [9.17, 15) is 9.90 Å². The zero-order chi connectivity index (χ0) is 16.9. The van der Waals surface area contributed by atoms with Crippen molar-refractivity contribution in [2.75, 3.05) is 17.8 Å². The molecule has 1 fully saturated rings. The second kappa shape index (κ2) is 7.18. The number of carbonyl (C=O) groups is 1. The minimum atomic E-state index is -0.0824. The average molecular weight is 341 g/mol. The Morgan fingerprint density at radius 3 is 2.75 bits per heavy atom. The van der Waals surface area contributed by atoms with Crippen molar-refractivity contribution in [3.63, 3.8) is 0 Å². The molecule has 2 aromatic carbocycles. The van der Waals surface area contributed by atoms with Gasteiger partial charge < -0.3 is 9.84 Å². The molecule has 0 saturated carbocycles. The van der Waals surface area contributed by atoms with Gasteiger partial charge >= 0.3 is 0 Å². The van der Waals surface area contributed by atoms with Crippen LogP contribution in [0.3, 0.4) is 0 Å². The van der Waals surface area contributed by atoms with Crippen molar-refractivity contribution in [3.8, 4) is 11.5 Å². The van der Waals surface area contributed by atoms with Crippen molar-refractivity contribution in [3.05, 3.63) is 54.1 Å². The highest BCUT2D eigenvalue weighted by Crippen LogP contribution is 2.33. The average Bonchev–Trinajstić information content (AvgIpc) is 2.97. The molecule has 24 heavy (non-hydrogen) atoms. The summed E-state index contributed by atoms with van der Waals surface area (Å²) < 4.78 is 5.31. The van der Waals surface area contributed by atoms with Crippen LogP contribution in [-0.4, -0.2) is 35.3 Å². The monoisotopic (exact) mass is 341 g/mol. The standard InChI is InChI=1S/C17H15N3O3S/c1-23-15-9-5-3-7-13(15)20-16(22)11-24-17(20)19-18-10-12-6-2-4-8-14(12)21/h2-10,21H,11H2,1H3. The number of para-hydroxylation sites is 3. The zero-order valence-electron chi connectivity index (χ0n) is 12.9. The van der Waals surface area contributed by atoms with E-state index in [1.807, 2.05) is 12.1 Å². The van der Waals surface area contributed by atoms with E-state index in [1.54, 1.807) is 43.5 Å². The first kappa shape index (κ1) is 16.1. The molecule has 1 saturated heterocycles. The van der Waals surface area contributed by atoms with E-state index >= 15 is 0 Å². The van der Waals surface area contributed by atoms with Crippen LogP contribution in [0, 0.1) is 0 Å². The molecule has 0 atom stereocenters.